The number of nitrogens with zero attached hydrogens (tertiary/aromatic N) is 1. The number of ether oxygens (including phenoxy) is 2. The Hall–Kier alpha value is -1.75. The molecule has 0 saturated carbocycles. The van der Waals surface area contributed by atoms with Crippen LogP contribution in [-0.4, -0.2) is 50.4 Å². The number of rotatable bonds is 5. The lowest BCUT2D eigenvalue weighted by atomic mass is 9.99. The molecule has 0 aliphatic carbocycles. The summed E-state index contributed by atoms with van der Waals surface area (Å²) in [6, 6.07) is 8.22. The van der Waals surface area contributed by atoms with E-state index in [0.29, 0.717) is 18.4 Å². The first-order valence-electron chi connectivity index (χ1n) is 9.50. The zero-order valence-electron chi connectivity index (χ0n) is 15.2. The van der Waals surface area contributed by atoms with Gasteiger partial charge in [0.05, 0.1) is 6.61 Å². The van der Waals surface area contributed by atoms with Crippen molar-refractivity contribution < 1.29 is 14.3 Å². The number of urea groups is 1. The van der Waals surface area contributed by atoms with Crippen LogP contribution in [0.2, 0.25) is 0 Å². The lowest BCUT2D eigenvalue weighted by Crippen LogP contribution is -2.47. The van der Waals surface area contributed by atoms with Crippen LogP contribution in [0, 0.1) is 18.8 Å². The summed E-state index contributed by atoms with van der Waals surface area (Å²) in [6.45, 7) is 6.79. The molecule has 1 N–H and O–H groups in total. The molecule has 2 heterocycles. The highest BCUT2D eigenvalue weighted by Gasteiger charge is 2.25. The highest BCUT2D eigenvalue weighted by atomic mass is 16.5. The van der Waals surface area contributed by atoms with Gasteiger partial charge in [0.25, 0.3) is 0 Å². The summed E-state index contributed by atoms with van der Waals surface area (Å²) in [5.74, 6) is 1.87. The molecule has 3 rings (SSSR count). The van der Waals surface area contributed by atoms with Crippen molar-refractivity contribution in [2.45, 2.75) is 32.6 Å². The maximum Gasteiger partial charge on any atom is 0.317 e. The van der Waals surface area contributed by atoms with E-state index in [1.54, 1.807) is 0 Å². The van der Waals surface area contributed by atoms with Crippen LogP contribution in [0.5, 0.6) is 5.75 Å². The number of hydrogen-bond acceptors (Lipinski definition) is 3. The number of carbonyl (C=O) groups excluding carboxylic acids is 1. The number of likely N-dealkylation sites (tertiary alicyclic amines) is 1. The van der Waals surface area contributed by atoms with Crippen LogP contribution in [0.3, 0.4) is 0 Å². The Kier molecular flexibility index (Phi) is 6.56. The third kappa shape index (κ3) is 5.63. The van der Waals surface area contributed by atoms with E-state index in [0.717, 1.165) is 64.3 Å². The minimum absolute atomic E-state index is 0.0755. The summed E-state index contributed by atoms with van der Waals surface area (Å²) < 4.78 is 11.3. The van der Waals surface area contributed by atoms with Gasteiger partial charge in [-0.3, -0.25) is 0 Å². The first-order valence-corrected chi connectivity index (χ1v) is 9.50. The molecule has 2 saturated heterocycles. The molecule has 2 aliphatic rings. The van der Waals surface area contributed by atoms with Crippen LogP contribution in [0.15, 0.2) is 24.3 Å². The third-order valence-corrected chi connectivity index (χ3v) is 5.20. The molecule has 1 aromatic carbocycles. The highest BCUT2D eigenvalue weighted by Crippen LogP contribution is 2.20. The number of piperidine rings is 1. The van der Waals surface area contributed by atoms with Gasteiger partial charge in [0.1, 0.15) is 5.75 Å². The summed E-state index contributed by atoms with van der Waals surface area (Å²) in [5.41, 5.74) is 1.23. The van der Waals surface area contributed by atoms with Gasteiger partial charge >= 0.3 is 6.03 Å². The van der Waals surface area contributed by atoms with Crippen molar-refractivity contribution >= 4 is 6.03 Å². The van der Waals surface area contributed by atoms with Crippen LogP contribution >= 0.6 is 0 Å². The number of amides is 2. The van der Waals surface area contributed by atoms with E-state index in [9.17, 15) is 4.79 Å². The number of aryl methyl sites for hydroxylation is 1. The predicted molar refractivity (Wildman–Crippen MR) is 97.9 cm³/mol. The minimum atomic E-state index is 0.0755. The average molecular weight is 346 g/mol. The molecule has 0 aromatic heterocycles. The van der Waals surface area contributed by atoms with Crippen LogP contribution in [0.4, 0.5) is 4.79 Å². The van der Waals surface area contributed by atoms with Gasteiger partial charge in [-0.05, 0) is 50.7 Å². The molecule has 0 radical (unpaired) electrons. The molecule has 5 heteroatoms. The fraction of sp³-hybridized carbons (Fsp3) is 0.650. The summed E-state index contributed by atoms with van der Waals surface area (Å²) in [5, 5.41) is 3.11. The Balaban J connectivity index is 1.40. The molecule has 138 valence electrons. The van der Waals surface area contributed by atoms with Gasteiger partial charge in [-0.15, -0.1) is 0 Å². The molecule has 0 spiro atoms. The summed E-state index contributed by atoms with van der Waals surface area (Å²) in [6.07, 6.45) is 4.27. The Morgan fingerprint density at radius 1 is 1.20 bits per heavy atom. The molecular weight excluding hydrogens is 316 g/mol. The second-order valence-electron chi connectivity index (χ2n) is 7.32. The first-order chi connectivity index (χ1) is 12.2. The predicted octanol–water partition coefficient (Wildman–Crippen LogP) is 3.22. The molecule has 2 aliphatic heterocycles. The fourth-order valence-electron chi connectivity index (χ4n) is 3.53. The fourth-order valence-corrected chi connectivity index (χ4v) is 3.53. The number of nitrogens with one attached hydrogen (secondary N) is 1. The quantitative estimate of drug-likeness (QED) is 0.891. The maximum absolute atomic E-state index is 12.4. The molecule has 1 atom stereocenters. The average Bonchev–Trinajstić information content (AvgIpc) is 2.67. The van der Waals surface area contributed by atoms with Crippen molar-refractivity contribution in [3.63, 3.8) is 0 Å². The van der Waals surface area contributed by atoms with Gasteiger partial charge in [-0.2, -0.15) is 0 Å². The Morgan fingerprint density at radius 3 is 2.72 bits per heavy atom. The van der Waals surface area contributed by atoms with E-state index in [1.165, 1.54) is 5.56 Å². The zero-order valence-corrected chi connectivity index (χ0v) is 15.2. The standard InChI is InChI=1S/C20H30N2O3/c1-16-4-6-19(7-5-16)25-15-18-3-2-10-22(14-18)20(23)21-13-17-8-11-24-12-9-17/h4-7,17-18H,2-3,8-15H2,1H3,(H,21,23)/t18-/m1/s1. The Morgan fingerprint density at radius 2 is 1.96 bits per heavy atom. The molecule has 2 fully saturated rings. The normalized spacial score (nSPS) is 21.8. The van der Waals surface area contributed by atoms with E-state index in [-0.39, 0.29) is 6.03 Å². The van der Waals surface area contributed by atoms with E-state index >= 15 is 0 Å². The zero-order chi connectivity index (χ0) is 17.5. The van der Waals surface area contributed by atoms with Gasteiger partial charge < -0.3 is 19.7 Å². The minimum Gasteiger partial charge on any atom is -0.493 e. The van der Waals surface area contributed by atoms with Gasteiger partial charge in [0.15, 0.2) is 0 Å². The molecular formula is C20H30N2O3. The number of hydrogen-bond donors (Lipinski definition) is 1. The van der Waals surface area contributed by atoms with Crippen LogP contribution < -0.4 is 10.1 Å². The molecule has 0 unspecified atom stereocenters. The lowest BCUT2D eigenvalue weighted by molar-refractivity contribution is 0.0659. The van der Waals surface area contributed by atoms with Crippen molar-refractivity contribution in [3.05, 3.63) is 29.8 Å². The van der Waals surface area contributed by atoms with Gasteiger partial charge in [0.2, 0.25) is 0 Å². The monoisotopic (exact) mass is 346 g/mol. The van der Waals surface area contributed by atoms with Crippen molar-refractivity contribution in [1.82, 2.24) is 10.2 Å². The molecule has 25 heavy (non-hydrogen) atoms. The van der Waals surface area contributed by atoms with E-state index < -0.39 is 0 Å². The van der Waals surface area contributed by atoms with Gasteiger partial charge in [-0.1, -0.05) is 17.7 Å². The molecule has 2 amide bonds. The summed E-state index contributed by atoms with van der Waals surface area (Å²) >= 11 is 0. The Bertz CT molecular complexity index is 540. The van der Waals surface area contributed by atoms with Crippen molar-refractivity contribution in [2.24, 2.45) is 11.8 Å². The number of benzene rings is 1. The molecule has 5 nitrogen and oxygen atoms in total. The highest BCUT2D eigenvalue weighted by molar-refractivity contribution is 5.74. The summed E-state index contributed by atoms with van der Waals surface area (Å²) in [4.78, 5) is 14.4. The second-order valence-corrected chi connectivity index (χ2v) is 7.32. The lowest BCUT2D eigenvalue weighted by Gasteiger charge is -2.33. The van der Waals surface area contributed by atoms with Crippen molar-refractivity contribution in [2.75, 3.05) is 39.5 Å². The molecule has 1 aromatic rings. The SMILES string of the molecule is Cc1ccc(OC[C@@H]2CCCN(C(=O)NCC3CCOCC3)C2)cc1. The number of carbonyl (C=O) groups is 1. The largest absolute Gasteiger partial charge is 0.493 e. The second kappa shape index (κ2) is 9.09. The smallest absolute Gasteiger partial charge is 0.317 e. The van der Waals surface area contributed by atoms with E-state index in [2.05, 4.69) is 24.4 Å². The van der Waals surface area contributed by atoms with E-state index in [4.69, 9.17) is 9.47 Å². The first kappa shape index (κ1) is 18.1. The third-order valence-electron chi connectivity index (χ3n) is 5.20. The van der Waals surface area contributed by atoms with Gasteiger partial charge in [-0.25, -0.2) is 4.79 Å². The maximum atomic E-state index is 12.4. The van der Waals surface area contributed by atoms with Crippen LogP contribution in [-0.2, 0) is 4.74 Å². The summed E-state index contributed by atoms with van der Waals surface area (Å²) in [7, 11) is 0. The van der Waals surface area contributed by atoms with Crippen LogP contribution in [0.25, 0.3) is 0 Å². The topological polar surface area (TPSA) is 50.8 Å². The van der Waals surface area contributed by atoms with Gasteiger partial charge in [0, 0.05) is 38.8 Å². The van der Waals surface area contributed by atoms with E-state index in [1.807, 2.05) is 17.0 Å². The van der Waals surface area contributed by atoms with Crippen LogP contribution in [0.1, 0.15) is 31.2 Å². The molecule has 0 bridgehead atoms. The van der Waals surface area contributed by atoms with Crippen molar-refractivity contribution in [1.29, 1.82) is 0 Å². The van der Waals surface area contributed by atoms with Crippen molar-refractivity contribution in [3.8, 4) is 5.75 Å². The Labute approximate surface area is 150 Å².